The van der Waals surface area contributed by atoms with Crippen LogP contribution in [-0.2, 0) is 12.8 Å². The predicted octanol–water partition coefficient (Wildman–Crippen LogP) is 3.77. The Balaban J connectivity index is 2.44. The van der Waals surface area contributed by atoms with Crippen molar-refractivity contribution in [2.75, 3.05) is 5.75 Å². The van der Waals surface area contributed by atoms with Crippen LogP contribution >= 0.6 is 27.7 Å². The number of nitrogens with zero attached hydrogens (tertiary/aromatic N) is 2. The van der Waals surface area contributed by atoms with Crippen LogP contribution < -0.4 is 0 Å². The molecule has 0 saturated heterocycles. The molecular formula is C11H19BrN2S. The van der Waals surface area contributed by atoms with E-state index in [4.69, 9.17) is 0 Å². The normalized spacial score (nSPS) is 11.3. The first-order chi connectivity index (χ1) is 7.02. The summed E-state index contributed by atoms with van der Waals surface area (Å²) in [7, 11) is 2.01. The van der Waals surface area contributed by atoms with Crippen molar-refractivity contribution in [3.05, 3.63) is 15.9 Å². The molecule has 15 heavy (non-hydrogen) atoms. The summed E-state index contributed by atoms with van der Waals surface area (Å²) in [6, 6.07) is 0. The van der Waals surface area contributed by atoms with Gasteiger partial charge in [0.15, 0.2) is 0 Å². The topological polar surface area (TPSA) is 17.8 Å². The standard InChI is InChI=1S/C11H19BrN2S/c1-8(2)5-6-15-7-10-11(12)9(3)13-14(10)4/h8H,5-7H2,1-4H3. The Hall–Kier alpha value is 0.0400. The molecule has 86 valence electrons. The maximum Gasteiger partial charge on any atom is 0.0738 e. The first-order valence-electron chi connectivity index (χ1n) is 5.28. The highest BCUT2D eigenvalue weighted by atomic mass is 79.9. The molecule has 0 bridgehead atoms. The fourth-order valence-corrected chi connectivity index (χ4v) is 3.29. The monoisotopic (exact) mass is 290 g/mol. The van der Waals surface area contributed by atoms with Gasteiger partial charge in [0.2, 0.25) is 0 Å². The van der Waals surface area contributed by atoms with Crippen molar-refractivity contribution in [3.8, 4) is 0 Å². The second-order valence-electron chi connectivity index (χ2n) is 4.20. The molecule has 0 spiro atoms. The molecule has 1 aromatic rings. The fraction of sp³-hybridized carbons (Fsp3) is 0.727. The summed E-state index contributed by atoms with van der Waals surface area (Å²) in [5.41, 5.74) is 2.37. The SMILES string of the molecule is Cc1nn(C)c(CSCCC(C)C)c1Br. The molecule has 0 unspecified atom stereocenters. The van der Waals surface area contributed by atoms with E-state index in [0.717, 1.165) is 17.4 Å². The summed E-state index contributed by atoms with van der Waals surface area (Å²) in [5.74, 6) is 3.08. The summed E-state index contributed by atoms with van der Waals surface area (Å²) < 4.78 is 3.14. The average Bonchev–Trinajstić information content (AvgIpc) is 2.37. The number of hydrogen-bond donors (Lipinski definition) is 0. The zero-order chi connectivity index (χ0) is 11.4. The van der Waals surface area contributed by atoms with E-state index in [0.29, 0.717) is 0 Å². The molecule has 0 N–H and O–H groups in total. The van der Waals surface area contributed by atoms with E-state index in [1.807, 2.05) is 30.4 Å². The van der Waals surface area contributed by atoms with Crippen LogP contribution in [0.4, 0.5) is 0 Å². The molecule has 1 heterocycles. The van der Waals surface area contributed by atoms with Gasteiger partial charge in [0.25, 0.3) is 0 Å². The fourth-order valence-electron chi connectivity index (χ4n) is 1.32. The Morgan fingerprint density at radius 1 is 1.47 bits per heavy atom. The number of aromatic nitrogens is 2. The molecule has 0 radical (unpaired) electrons. The minimum absolute atomic E-state index is 0.800. The summed E-state index contributed by atoms with van der Waals surface area (Å²) in [5, 5.41) is 4.38. The van der Waals surface area contributed by atoms with Gasteiger partial charge in [-0.25, -0.2) is 0 Å². The molecule has 0 fully saturated rings. The molecule has 0 saturated carbocycles. The minimum atomic E-state index is 0.800. The lowest BCUT2D eigenvalue weighted by atomic mass is 10.2. The third-order valence-electron chi connectivity index (χ3n) is 2.34. The second-order valence-corrected chi connectivity index (χ2v) is 6.10. The van der Waals surface area contributed by atoms with Crippen molar-refractivity contribution in [1.82, 2.24) is 9.78 Å². The van der Waals surface area contributed by atoms with E-state index in [2.05, 4.69) is 34.9 Å². The zero-order valence-corrected chi connectivity index (χ0v) is 12.3. The van der Waals surface area contributed by atoms with Crippen LogP contribution in [0.2, 0.25) is 0 Å². The van der Waals surface area contributed by atoms with E-state index in [-0.39, 0.29) is 0 Å². The van der Waals surface area contributed by atoms with Gasteiger partial charge < -0.3 is 0 Å². The number of rotatable bonds is 5. The van der Waals surface area contributed by atoms with Crippen LogP contribution in [0.3, 0.4) is 0 Å². The number of halogens is 1. The lowest BCUT2D eigenvalue weighted by molar-refractivity contribution is 0.632. The van der Waals surface area contributed by atoms with Gasteiger partial charge in [-0.05, 0) is 40.9 Å². The van der Waals surface area contributed by atoms with Gasteiger partial charge in [-0.1, -0.05) is 13.8 Å². The van der Waals surface area contributed by atoms with Crippen LogP contribution in [0, 0.1) is 12.8 Å². The van der Waals surface area contributed by atoms with Crippen molar-refractivity contribution in [2.45, 2.75) is 32.9 Å². The van der Waals surface area contributed by atoms with Gasteiger partial charge in [-0.2, -0.15) is 16.9 Å². The average molecular weight is 291 g/mol. The van der Waals surface area contributed by atoms with Crippen LogP contribution in [-0.4, -0.2) is 15.5 Å². The molecule has 0 aliphatic heterocycles. The van der Waals surface area contributed by atoms with Crippen molar-refractivity contribution >= 4 is 27.7 Å². The lowest BCUT2D eigenvalue weighted by Crippen LogP contribution is -1.98. The zero-order valence-electron chi connectivity index (χ0n) is 9.88. The lowest BCUT2D eigenvalue weighted by Gasteiger charge is -2.05. The van der Waals surface area contributed by atoms with E-state index in [9.17, 15) is 0 Å². The van der Waals surface area contributed by atoms with E-state index in [1.165, 1.54) is 22.3 Å². The van der Waals surface area contributed by atoms with Crippen molar-refractivity contribution in [3.63, 3.8) is 0 Å². The Bertz CT molecular complexity index is 321. The van der Waals surface area contributed by atoms with Gasteiger partial charge in [-0.15, -0.1) is 0 Å². The molecule has 1 aromatic heterocycles. The van der Waals surface area contributed by atoms with Crippen LogP contribution in [0.1, 0.15) is 31.7 Å². The smallest absolute Gasteiger partial charge is 0.0738 e. The largest absolute Gasteiger partial charge is 0.270 e. The summed E-state index contributed by atoms with van der Waals surface area (Å²) in [4.78, 5) is 0. The molecule has 1 rings (SSSR count). The highest BCUT2D eigenvalue weighted by Crippen LogP contribution is 2.24. The summed E-state index contributed by atoms with van der Waals surface area (Å²) >= 11 is 5.57. The molecule has 0 aromatic carbocycles. The molecule has 0 atom stereocenters. The first kappa shape index (κ1) is 13.1. The number of thioether (sulfide) groups is 1. The highest BCUT2D eigenvalue weighted by molar-refractivity contribution is 9.10. The van der Waals surface area contributed by atoms with Gasteiger partial charge in [-0.3, -0.25) is 4.68 Å². The van der Waals surface area contributed by atoms with Crippen LogP contribution in [0.25, 0.3) is 0 Å². The Labute approximate surface area is 105 Å². The third-order valence-corrected chi connectivity index (χ3v) is 4.37. The Kier molecular flexibility index (Phi) is 5.19. The predicted molar refractivity (Wildman–Crippen MR) is 71.3 cm³/mol. The molecule has 0 amide bonds. The Morgan fingerprint density at radius 2 is 2.13 bits per heavy atom. The van der Waals surface area contributed by atoms with Gasteiger partial charge in [0.1, 0.15) is 0 Å². The molecular weight excluding hydrogens is 272 g/mol. The molecule has 2 nitrogen and oxygen atoms in total. The minimum Gasteiger partial charge on any atom is -0.270 e. The van der Waals surface area contributed by atoms with E-state index >= 15 is 0 Å². The van der Waals surface area contributed by atoms with Gasteiger partial charge in [0.05, 0.1) is 15.9 Å². The van der Waals surface area contributed by atoms with E-state index < -0.39 is 0 Å². The maximum atomic E-state index is 4.38. The molecule has 0 aliphatic carbocycles. The van der Waals surface area contributed by atoms with Crippen molar-refractivity contribution in [1.29, 1.82) is 0 Å². The first-order valence-corrected chi connectivity index (χ1v) is 7.22. The third kappa shape index (κ3) is 3.83. The van der Waals surface area contributed by atoms with Crippen molar-refractivity contribution in [2.24, 2.45) is 13.0 Å². The quantitative estimate of drug-likeness (QED) is 0.769. The number of aryl methyl sites for hydroxylation is 2. The molecule has 4 heteroatoms. The summed E-state index contributed by atoms with van der Waals surface area (Å²) in [6.07, 6.45) is 1.29. The number of hydrogen-bond acceptors (Lipinski definition) is 2. The van der Waals surface area contributed by atoms with Crippen LogP contribution in [0.15, 0.2) is 4.47 Å². The van der Waals surface area contributed by atoms with Crippen LogP contribution in [0.5, 0.6) is 0 Å². The van der Waals surface area contributed by atoms with Crippen molar-refractivity contribution < 1.29 is 0 Å². The molecule has 0 aliphatic rings. The maximum absolute atomic E-state index is 4.38. The highest BCUT2D eigenvalue weighted by Gasteiger charge is 2.09. The second kappa shape index (κ2) is 5.94. The Morgan fingerprint density at radius 3 is 2.60 bits per heavy atom. The summed E-state index contributed by atoms with van der Waals surface area (Å²) in [6.45, 7) is 6.57. The van der Waals surface area contributed by atoms with E-state index in [1.54, 1.807) is 0 Å². The van der Waals surface area contributed by atoms with Gasteiger partial charge >= 0.3 is 0 Å². The van der Waals surface area contributed by atoms with Gasteiger partial charge in [0, 0.05) is 12.8 Å².